The van der Waals surface area contributed by atoms with Crippen LogP contribution in [0.5, 0.6) is 11.5 Å². The number of aromatic nitrogens is 1. The summed E-state index contributed by atoms with van der Waals surface area (Å²) in [7, 11) is 3.46. The molecule has 2 heterocycles. The van der Waals surface area contributed by atoms with E-state index < -0.39 is 0 Å². The average Bonchev–Trinajstić information content (AvgIpc) is 2.98. The highest BCUT2D eigenvalue weighted by Gasteiger charge is 2.29. The quantitative estimate of drug-likeness (QED) is 0.206. The first-order valence-electron chi connectivity index (χ1n) is 16.4. The van der Waals surface area contributed by atoms with Gasteiger partial charge in [-0.05, 0) is 114 Å². The molecule has 0 N–H and O–H groups in total. The van der Waals surface area contributed by atoms with Crippen LogP contribution in [0.4, 0.5) is 5.69 Å². The van der Waals surface area contributed by atoms with E-state index in [1.54, 1.807) is 14.2 Å². The topological polar surface area (TPSA) is 47.1 Å². The van der Waals surface area contributed by atoms with Crippen LogP contribution in [0.2, 0.25) is 0 Å². The lowest BCUT2D eigenvalue weighted by molar-refractivity contribution is -0.00492. The molecule has 0 atom stereocenters. The highest BCUT2D eigenvalue weighted by Crippen LogP contribution is 2.46. The van der Waals surface area contributed by atoms with Crippen molar-refractivity contribution in [1.82, 2.24) is 9.88 Å². The Morgan fingerprint density at radius 2 is 1.70 bits per heavy atom. The van der Waals surface area contributed by atoms with Crippen LogP contribution in [0.1, 0.15) is 88.8 Å². The molecule has 3 aromatic rings. The largest absolute Gasteiger partial charge is 0.493 e. The summed E-state index contributed by atoms with van der Waals surface area (Å²) in [6.45, 7) is 13.5. The van der Waals surface area contributed by atoms with Crippen LogP contribution in [0.15, 0.2) is 66.7 Å². The molecule has 0 radical (unpaired) electrons. The van der Waals surface area contributed by atoms with Crippen LogP contribution in [-0.4, -0.2) is 48.8 Å². The van der Waals surface area contributed by atoms with E-state index >= 15 is 0 Å². The lowest BCUT2D eigenvalue weighted by atomic mass is 9.79. The van der Waals surface area contributed by atoms with Crippen LogP contribution in [-0.2, 0) is 11.3 Å². The van der Waals surface area contributed by atoms with Crippen molar-refractivity contribution in [3.8, 4) is 22.8 Å². The average molecular weight is 598 g/mol. The maximum atomic E-state index is 6.38. The van der Waals surface area contributed by atoms with Gasteiger partial charge in [0, 0.05) is 48.7 Å². The highest BCUT2D eigenvalue weighted by atomic mass is 16.5. The summed E-state index contributed by atoms with van der Waals surface area (Å²) in [6, 6.07) is 18.2. The minimum atomic E-state index is -0.211. The Hall–Kier alpha value is -3.67. The Labute approximate surface area is 265 Å². The number of allylic oxidation sites excluding steroid dienone is 1. The summed E-state index contributed by atoms with van der Waals surface area (Å²) in [6.07, 6.45) is 10.9. The van der Waals surface area contributed by atoms with E-state index in [0.717, 1.165) is 67.5 Å². The lowest BCUT2D eigenvalue weighted by Gasteiger charge is -2.42. The van der Waals surface area contributed by atoms with Gasteiger partial charge in [-0.3, -0.25) is 4.98 Å². The SMILES string of the molecule is CCC=C(OC(C)(C)C)N1CCC(N(Cc2ccnc(-c3cc(OC)c(OC)c(C4CCC4)c3)c2)c2ccc(C)cc2)CC1. The molecule has 6 heteroatoms. The highest BCUT2D eigenvalue weighted by molar-refractivity contribution is 5.68. The monoisotopic (exact) mass is 597 g/mol. The van der Waals surface area contributed by atoms with Gasteiger partial charge in [0.15, 0.2) is 17.4 Å². The zero-order valence-corrected chi connectivity index (χ0v) is 27.9. The zero-order valence-electron chi connectivity index (χ0n) is 27.9. The summed E-state index contributed by atoms with van der Waals surface area (Å²) in [4.78, 5) is 9.85. The van der Waals surface area contributed by atoms with Gasteiger partial charge in [-0.25, -0.2) is 0 Å². The van der Waals surface area contributed by atoms with Gasteiger partial charge < -0.3 is 24.0 Å². The molecule has 0 bridgehead atoms. The van der Waals surface area contributed by atoms with Gasteiger partial charge in [-0.2, -0.15) is 0 Å². The second kappa shape index (κ2) is 14.0. The third kappa shape index (κ3) is 7.51. The van der Waals surface area contributed by atoms with Gasteiger partial charge in [-0.1, -0.05) is 31.0 Å². The molecule has 0 spiro atoms. The summed E-state index contributed by atoms with van der Waals surface area (Å²) in [5, 5.41) is 0. The number of rotatable bonds is 11. The van der Waals surface area contributed by atoms with Crippen molar-refractivity contribution in [3.05, 3.63) is 83.4 Å². The molecule has 1 aromatic heterocycles. The van der Waals surface area contributed by atoms with Gasteiger partial charge >= 0.3 is 0 Å². The molecule has 2 aliphatic rings. The first-order chi connectivity index (χ1) is 21.2. The lowest BCUT2D eigenvalue weighted by Crippen LogP contribution is -2.45. The van der Waals surface area contributed by atoms with Crippen molar-refractivity contribution in [2.75, 3.05) is 32.2 Å². The smallest absolute Gasteiger partial charge is 0.185 e. The fourth-order valence-electron chi connectivity index (χ4n) is 6.38. The molecule has 44 heavy (non-hydrogen) atoms. The summed E-state index contributed by atoms with van der Waals surface area (Å²) in [5.74, 6) is 3.18. The van der Waals surface area contributed by atoms with E-state index in [1.165, 1.54) is 41.6 Å². The molecule has 6 nitrogen and oxygen atoms in total. The number of likely N-dealkylation sites (tertiary alicyclic amines) is 1. The van der Waals surface area contributed by atoms with Gasteiger partial charge in [0.05, 0.1) is 19.9 Å². The predicted octanol–water partition coefficient (Wildman–Crippen LogP) is 8.88. The molecule has 5 rings (SSSR count). The van der Waals surface area contributed by atoms with E-state index in [2.05, 4.69) is 99.0 Å². The second-order valence-corrected chi connectivity index (χ2v) is 13.3. The first kappa shape index (κ1) is 31.7. The second-order valence-electron chi connectivity index (χ2n) is 13.3. The molecule has 1 aliphatic heterocycles. The van der Waals surface area contributed by atoms with Crippen LogP contribution in [0.3, 0.4) is 0 Å². The van der Waals surface area contributed by atoms with Gasteiger partial charge in [0.1, 0.15) is 5.60 Å². The number of anilines is 1. The van der Waals surface area contributed by atoms with Crippen LogP contribution in [0.25, 0.3) is 11.3 Å². The zero-order chi connectivity index (χ0) is 31.3. The minimum absolute atomic E-state index is 0.211. The normalized spacial score (nSPS) is 16.4. The van der Waals surface area contributed by atoms with E-state index in [9.17, 15) is 0 Å². The van der Waals surface area contributed by atoms with Crippen molar-refractivity contribution in [3.63, 3.8) is 0 Å². The fourth-order valence-corrected chi connectivity index (χ4v) is 6.38. The predicted molar refractivity (Wildman–Crippen MR) is 181 cm³/mol. The van der Waals surface area contributed by atoms with Gasteiger partial charge in [-0.15, -0.1) is 0 Å². The number of hydrogen-bond acceptors (Lipinski definition) is 6. The number of hydrogen-bond donors (Lipinski definition) is 0. The maximum Gasteiger partial charge on any atom is 0.185 e. The van der Waals surface area contributed by atoms with E-state index in [0.29, 0.717) is 12.0 Å². The van der Waals surface area contributed by atoms with Crippen molar-refractivity contribution < 1.29 is 14.2 Å². The Kier molecular flexibility index (Phi) is 10.1. The minimum Gasteiger partial charge on any atom is -0.493 e. The standard InChI is InChI=1S/C38H51N3O3/c1-8-10-36(44-38(3,4)5)40-21-18-32(19-22-40)41(31-15-13-27(2)14-16-31)26-28-17-20-39-34(23-28)30-24-33(29-11-9-12-29)37(43-7)35(25-30)42-6/h10,13-17,20,23-25,29,32H,8-9,11-12,18-19,21-22,26H2,1-7H3. The number of methoxy groups -OCH3 is 2. The van der Waals surface area contributed by atoms with Crippen molar-refractivity contribution in [2.45, 2.75) is 97.2 Å². The fraction of sp³-hybridized carbons (Fsp3) is 0.500. The molecular weight excluding hydrogens is 546 g/mol. The molecular formula is C38H51N3O3. The number of pyridine rings is 1. The number of piperidine rings is 1. The van der Waals surface area contributed by atoms with Crippen molar-refractivity contribution in [2.24, 2.45) is 0 Å². The molecule has 0 amide bonds. The molecule has 1 saturated heterocycles. The van der Waals surface area contributed by atoms with Gasteiger partial charge in [0.2, 0.25) is 0 Å². The number of ether oxygens (including phenoxy) is 3. The molecule has 2 fully saturated rings. The molecule has 1 aliphatic carbocycles. The Bertz CT molecular complexity index is 1410. The number of aryl methyl sites for hydroxylation is 1. The Morgan fingerprint density at radius 3 is 2.30 bits per heavy atom. The molecule has 236 valence electrons. The van der Waals surface area contributed by atoms with Crippen molar-refractivity contribution >= 4 is 5.69 Å². The van der Waals surface area contributed by atoms with E-state index in [4.69, 9.17) is 19.2 Å². The Morgan fingerprint density at radius 1 is 0.977 bits per heavy atom. The van der Waals surface area contributed by atoms with Crippen LogP contribution < -0.4 is 14.4 Å². The van der Waals surface area contributed by atoms with E-state index in [1.807, 2.05) is 6.20 Å². The third-order valence-electron chi connectivity index (χ3n) is 8.90. The van der Waals surface area contributed by atoms with Crippen LogP contribution >= 0.6 is 0 Å². The molecule has 1 saturated carbocycles. The summed E-state index contributed by atoms with van der Waals surface area (Å²) < 4.78 is 18.0. The summed E-state index contributed by atoms with van der Waals surface area (Å²) >= 11 is 0. The number of nitrogens with zero attached hydrogens (tertiary/aromatic N) is 3. The van der Waals surface area contributed by atoms with Gasteiger partial charge in [0.25, 0.3) is 0 Å². The van der Waals surface area contributed by atoms with Crippen molar-refractivity contribution in [1.29, 1.82) is 0 Å². The maximum absolute atomic E-state index is 6.38. The van der Waals surface area contributed by atoms with Crippen LogP contribution in [0, 0.1) is 6.92 Å². The van der Waals surface area contributed by atoms with E-state index in [-0.39, 0.29) is 5.60 Å². The number of benzene rings is 2. The molecule has 2 aromatic carbocycles. The first-order valence-corrected chi connectivity index (χ1v) is 16.4. The third-order valence-corrected chi connectivity index (χ3v) is 8.90. The Balaban J connectivity index is 1.40. The summed E-state index contributed by atoms with van der Waals surface area (Å²) in [5.41, 5.74) is 6.87. The molecule has 0 unspecified atom stereocenters.